The van der Waals surface area contributed by atoms with Crippen molar-refractivity contribution in [3.05, 3.63) is 72.9 Å². The SMILES string of the molecule is CC1/C=C/C=C/CC/C=C/C=C/C=C/C=C/C(O[C@@H]2OC(C)[C@@H](O)C(N)[C@H]2O)CC2OC(O)(CC(O)C(O)CCC(O)CC(O)CC(O)CC(=O)OC(C)C(C)C1O)CC(O)C2C(=O)O. The molecule has 18 heteroatoms. The minimum atomic E-state index is -2.35. The van der Waals surface area contributed by atoms with Crippen LogP contribution in [0.3, 0.4) is 0 Å². The molecule has 0 aliphatic carbocycles. The number of carboxylic acid groups (broad SMARTS) is 1. The Morgan fingerprint density at radius 1 is 0.692 bits per heavy atom. The smallest absolute Gasteiger partial charge is 0.311 e. The molecular formula is C47H75NO17. The summed E-state index contributed by atoms with van der Waals surface area (Å²) in [6.45, 7) is 6.78. The molecule has 16 unspecified atom stereocenters. The van der Waals surface area contributed by atoms with E-state index in [9.17, 15) is 65.8 Å². The van der Waals surface area contributed by atoms with E-state index in [1.54, 1.807) is 38.2 Å². The standard InChI is InChI=1S/C47H75NO17/c1-27-17-15-13-11-9-7-5-6-8-10-12-14-16-18-34(64-46-44(58)41(48)43(57)30(4)63-46)24-38-40(45(59)60)37(54)26-47(61,65-38)25-36(53)35(52)20-19-31(49)21-32(50)22-33(51)23-39(55)62-29(3)28(2)42(27)56/h5-6,8,10-18,27-38,40-44,46,49-54,56-58,61H,7,9,19-26,48H2,1-4H3,(H,59,60)/b6-5+,10-8+,13-11+,14-12+,17-15+,18-16+/t27?,28?,29?,30?,31?,32?,33?,34?,35?,36?,37?,38?,40?,41?,42?,43-,44-,46+,47?/m1/s1. The summed E-state index contributed by atoms with van der Waals surface area (Å²) in [6, 6.07) is -1.14. The highest BCUT2D eigenvalue weighted by Crippen LogP contribution is 2.38. The van der Waals surface area contributed by atoms with Crippen molar-refractivity contribution >= 4 is 11.9 Å². The third kappa shape index (κ3) is 18.8. The molecule has 0 saturated carbocycles. The summed E-state index contributed by atoms with van der Waals surface area (Å²) in [5, 5.41) is 118. The zero-order chi connectivity index (χ0) is 48.4. The number of hydrogen-bond donors (Lipinski definition) is 12. The van der Waals surface area contributed by atoms with Gasteiger partial charge in [-0.25, -0.2) is 0 Å². The molecule has 2 fully saturated rings. The first-order valence-electron chi connectivity index (χ1n) is 22.6. The number of cyclic esters (lactones) is 1. The molecule has 0 radical (unpaired) electrons. The maximum Gasteiger partial charge on any atom is 0.311 e. The Morgan fingerprint density at radius 3 is 1.94 bits per heavy atom. The second kappa shape index (κ2) is 27.6. The lowest BCUT2D eigenvalue weighted by Crippen LogP contribution is -2.61. The van der Waals surface area contributed by atoms with Crippen molar-refractivity contribution in [2.75, 3.05) is 0 Å². The topological polar surface area (TPSA) is 320 Å². The van der Waals surface area contributed by atoms with Gasteiger partial charge in [-0.3, -0.25) is 9.59 Å². The summed E-state index contributed by atoms with van der Waals surface area (Å²) in [4.78, 5) is 25.1. The van der Waals surface area contributed by atoms with Gasteiger partial charge in [0.2, 0.25) is 0 Å². The lowest BCUT2D eigenvalue weighted by molar-refractivity contribution is -0.310. The number of ether oxygens (including phenoxy) is 4. The minimum absolute atomic E-state index is 0.138. The highest BCUT2D eigenvalue weighted by atomic mass is 16.7. The summed E-state index contributed by atoms with van der Waals surface area (Å²) < 4.78 is 23.2. The van der Waals surface area contributed by atoms with Gasteiger partial charge in [-0.15, -0.1) is 0 Å². The van der Waals surface area contributed by atoms with Gasteiger partial charge in [0.15, 0.2) is 12.1 Å². The Hall–Kier alpha value is -3.18. The first kappa shape index (κ1) is 56.1. The van der Waals surface area contributed by atoms with Gasteiger partial charge in [-0.05, 0) is 52.4 Å². The van der Waals surface area contributed by atoms with E-state index in [1.807, 2.05) is 49.5 Å². The van der Waals surface area contributed by atoms with Crippen molar-refractivity contribution in [2.45, 2.75) is 189 Å². The molecule has 3 heterocycles. The molecule has 13 N–H and O–H groups in total. The van der Waals surface area contributed by atoms with Crippen LogP contribution in [-0.4, -0.2) is 166 Å². The lowest BCUT2D eigenvalue weighted by Gasteiger charge is -2.45. The van der Waals surface area contributed by atoms with Gasteiger partial charge in [-0.2, -0.15) is 0 Å². The highest BCUT2D eigenvalue weighted by molar-refractivity contribution is 5.71. The summed E-state index contributed by atoms with van der Waals surface area (Å²) in [5.41, 5.74) is 6.02. The maximum absolute atomic E-state index is 12.6. The third-order valence-corrected chi connectivity index (χ3v) is 12.2. The van der Waals surface area contributed by atoms with E-state index in [2.05, 4.69) is 0 Å². The number of hydrogen-bond acceptors (Lipinski definition) is 17. The fraction of sp³-hybridized carbons (Fsp3) is 0.702. The van der Waals surface area contributed by atoms with Gasteiger partial charge < -0.3 is 80.9 Å². The highest BCUT2D eigenvalue weighted by Gasteiger charge is 2.51. The Balaban J connectivity index is 1.84. The molecule has 0 aromatic carbocycles. The molecule has 3 aliphatic rings. The molecule has 3 aliphatic heterocycles. The zero-order valence-corrected chi connectivity index (χ0v) is 37.8. The van der Waals surface area contributed by atoms with Crippen LogP contribution in [0.4, 0.5) is 0 Å². The van der Waals surface area contributed by atoms with Crippen molar-refractivity contribution in [2.24, 2.45) is 23.5 Å². The number of allylic oxidation sites excluding steroid dienone is 10. The van der Waals surface area contributed by atoms with Crippen molar-refractivity contribution in [1.29, 1.82) is 0 Å². The second-order valence-electron chi connectivity index (χ2n) is 17.8. The van der Waals surface area contributed by atoms with Crippen molar-refractivity contribution < 1.29 is 84.7 Å². The van der Waals surface area contributed by atoms with Crippen LogP contribution in [0.5, 0.6) is 0 Å². The van der Waals surface area contributed by atoms with E-state index in [4.69, 9.17) is 24.7 Å². The molecule has 19 atom stereocenters. The van der Waals surface area contributed by atoms with Crippen LogP contribution in [0, 0.1) is 17.8 Å². The number of carbonyl (C=O) groups excluding carboxylic acids is 1. The van der Waals surface area contributed by atoms with Gasteiger partial charge in [0.1, 0.15) is 18.1 Å². The first-order valence-corrected chi connectivity index (χ1v) is 22.6. The van der Waals surface area contributed by atoms with E-state index < -0.39 is 141 Å². The average Bonchev–Trinajstić information content (AvgIpc) is 3.21. The molecule has 65 heavy (non-hydrogen) atoms. The summed E-state index contributed by atoms with van der Waals surface area (Å²) in [6.07, 6.45) is 2.28. The molecule has 2 saturated heterocycles. The van der Waals surface area contributed by atoms with E-state index in [0.717, 1.165) is 12.8 Å². The predicted octanol–water partition coefficient (Wildman–Crippen LogP) is 0.936. The Labute approximate surface area is 381 Å². The molecule has 0 aromatic heterocycles. The van der Waals surface area contributed by atoms with Crippen molar-refractivity contribution in [3.63, 3.8) is 0 Å². The molecular weight excluding hydrogens is 851 g/mol. The van der Waals surface area contributed by atoms with E-state index in [0.29, 0.717) is 0 Å². The number of aliphatic hydroxyl groups is 10. The fourth-order valence-corrected chi connectivity index (χ4v) is 8.11. The van der Waals surface area contributed by atoms with Gasteiger partial charge in [0.25, 0.3) is 0 Å². The third-order valence-electron chi connectivity index (χ3n) is 12.2. The number of nitrogens with two attached hydrogens (primary N) is 1. The van der Waals surface area contributed by atoms with E-state index >= 15 is 0 Å². The van der Waals surface area contributed by atoms with Crippen LogP contribution < -0.4 is 5.73 Å². The minimum Gasteiger partial charge on any atom is -0.481 e. The van der Waals surface area contributed by atoms with Gasteiger partial charge in [-0.1, -0.05) is 86.8 Å². The normalized spacial score (nSPS) is 45.2. The molecule has 0 amide bonds. The number of fused-ring (bicyclic) bond motifs is 2. The van der Waals surface area contributed by atoms with Crippen LogP contribution >= 0.6 is 0 Å². The van der Waals surface area contributed by atoms with Crippen LogP contribution in [0.15, 0.2) is 72.9 Å². The number of esters is 1. The Morgan fingerprint density at radius 2 is 1.28 bits per heavy atom. The van der Waals surface area contributed by atoms with Crippen LogP contribution in [0.1, 0.15) is 91.9 Å². The molecule has 18 nitrogen and oxygen atoms in total. The number of rotatable bonds is 3. The van der Waals surface area contributed by atoms with Crippen molar-refractivity contribution in [3.8, 4) is 0 Å². The number of carbonyl (C=O) groups is 2. The maximum atomic E-state index is 12.6. The van der Waals surface area contributed by atoms with Gasteiger partial charge in [0.05, 0.1) is 79.6 Å². The lowest BCUT2D eigenvalue weighted by atomic mass is 9.82. The Kier molecular flexibility index (Phi) is 23.8. The fourth-order valence-electron chi connectivity index (χ4n) is 8.11. The van der Waals surface area contributed by atoms with E-state index in [1.165, 1.54) is 13.0 Å². The molecule has 3 rings (SSSR count). The molecule has 0 aromatic rings. The summed E-state index contributed by atoms with van der Waals surface area (Å²) in [7, 11) is 0. The van der Waals surface area contributed by atoms with Gasteiger partial charge >= 0.3 is 11.9 Å². The van der Waals surface area contributed by atoms with E-state index in [-0.39, 0.29) is 38.0 Å². The van der Waals surface area contributed by atoms with Crippen LogP contribution in [0.25, 0.3) is 0 Å². The summed E-state index contributed by atoms with van der Waals surface area (Å²) in [5.74, 6) is -6.82. The first-order chi connectivity index (χ1) is 30.6. The van der Waals surface area contributed by atoms with Gasteiger partial charge in [0, 0.05) is 31.1 Å². The Bertz CT molecular complexity index is 1620. The van der Waals surface area contributed by atoms with Crippen LogP contribution in [-0.2, 0) is 28.5 Å². The quantitative estimate of drug-likeness (QED) is 0.175. The number of carboxylic acids is 1. The van der Waals surface area contributed by atoms with Crippen LogP contribution in [0.2, 0.25) is 0 Å². The monoisotopic (exact) mass is 926 g/mol. The zero-order valence-electron chi connectivity index (χ0n) is 37.8. The molecule has 0 spiro atoms. The molecule has 370 valence electrons. The predicted molar refractivity (Wildman–Crippen MR) is 237 cm³/mol. The van der Waals surface area contributed by atoms with Crippen molar-refractivity contribution in [1.82, 2.24) is 0 Å². The number of aliphatic carboxylic acids is 1. The number of aliphatic hydroxyl groups excluding tert-OH is 9. The largest absolute Gasteiger partial charge is 0.481 e. The summed E-state index contributed by atoms with van der Waals surface area (Å²) >= 11 is 0. The molecule has 2 bridgehead atoms. The second-order valence-corrected chi connectivity index (χ2v) is 17.8. The average molecular weight is 926 g/mol.